The van der Waals surface area contributed by atoms with E-state index in [1.807, 2.05) is 0 Å². The van der Waals surface area contributed by atoms with E-state index in [2.05, 4.69) is 21.2 Å². The minimum Gasteiger partial charge on any atom is -0.497 e. The second kappa shape index (κ2) is 8.48. The first-order valence-corrected chi connectivity index (χ1v) is 8.22. The number of aromatic nitrogens is 1. The quantitative estimate of drug-likeness (QED) is 0.790. The highest BCUT2D eigenvalue weighted by atomic mass is 79.9. The van der Waals surface area contributed by atoms with Gasteiger partial charge in [-0.2, -0.15) is 0 Å². The molecular formula is C17H18BrN3O4. The molecule has 2 amide bonds. The minimum absolute atomic E-state index is 0.126. The number of pyridine rings is 1. The number of nitrogens with zero attached hydrogens (tertiary/aromatic N) is 2. The summed E-state index contributed by atoms with van der Waals surface area (Å²) in [6.45, 7) is -0.264. The number of hydrogen-bond donors (Lipinski definition) is 1. The number of rotatable bonds is 6. The zero-order valence-corrected chi connectivity index (χ0v) is 15.4. The number of halogens is 1. The third-order valence-electron chi connectivity index (χ3n) is 3.41. The molecule has 25 heavy (non-hydrogen) atoms. The summed E-state index contributed by atoms with van der Waals surface area (Å²) in [4.78, 5) is 37.3. The average molecular weight is 408 g/mol. The monoisotopic (exact) mass is 407 g/mol. The van der Waals surface area contributed by atoms with Crippen molar-refractivity contribution in [1.29, 1.82) is 0 Å². The summed E-state index contributed by atoms with van der Waals surface area (Å²) >= 11 is 3.25. The summed E-state index contributed by atoms with van der Waals surface area (Å²) in [5.74, 6) is -0.0667. The number of hydrogen-bond acceptors (Lipinski definition) is 4. The van der Waals surface area contributed by atoms with Crippen LogP contribution >= 0.6 is 15.9 Å². The lowest BCUT2D eigenvalue weighted by molar-refractivity contribution is -0.133. The third-order valence-corrected chi connectivity index (χ3v) is 3.88. The molecule has 0 atom stereocenters. The first-order valence-electron chi connectivity index (χ1n) is 7.43. The number of likely N-dealkylation sites (N-methyl/N-ethyl adjacent to an activating group) is 1. The van der Waals surface area contributed by atoms with Crippen molar-refractivity contribution in [3.63, 3.8) is 0 Å². The summed E-state index contributed by atoms with van der Waals surface area (Å²) in [6.07, 6.45) is 1.53. The van der Waals surface area contributed by atoms with Crippen molar-refractivity contribution in [1.82, 2.24) is 9.47 Å². The van der Waals surface area contributed by atoms with Crippen LogP contribution < -0.4 is 15.6 Å². The lowest BCUT2D eigenvalue weighted by Gasteiger charge is -2.17. The Morgan fingerprint density at radius 2 is 2.04 bits per heavy atom. The highest BCUT2D eigenvalue weighted by Gasteiger charge is 2.14. The van der Waals surface area contributed by atoms with Gasteiger partial charge in [-0.15, -0.1) is 0 Å². The number of carbonyl (C=O) groups is 2. The Balaban J connectivity index is 1.94. The Morgan fingerprint density at radius 1 is 1.28 bits per heavy atom. The molecule has 1 aromatic heterocycles. The van der Waals surface area contributed by atoms with E-state index in [9.17, 15) is 14.4 Å². The SMILES string of the molecule is COc1cccc(NC(=O)CN(C)C(=O)Cn2cc(Br)ccc2=O)c1. The van der Waals surface area contributed by atoms with E-state index in [-0.39, 0.29) is 30.5 Å². The van der Waals surface area contributed by atoms with E-state index >= 15 is 0 Å². The first kappa shape index (κ1) is 18.7. The van der Waals surface area contributed by atoms with Gasteiger partial charge in [-0.3, -0.25) is 14.4 Å². The first-order chi connectivity index (χ1) is 11.9. The van der Waals surface area contributed by atoms with Crippen LogP contribution in [0, 0.1) is 0 Å². The highest BCUT2D eigenvalue weighted by molar-refractivity contribution is 9.10. The Labute approximate surface area is 153 Å². The molecule has 0 radical (unpaired) electrons. The summed E-state index contributed by atoms with van der Waals surface area (Å²) in [5, 5.41) is 2.70. The smallest absolute Gasteiger partial charge is 0.251 e. The minimum atomic E-state index is -0.346. The number of anilines is 1. The summed E-state index contributed by atoms with van der Waals surface area (Å²) in [6, 6.07) is 9.90. The molecule has 132 valence electrons. The normalized spacial score (nSPS) is 10.2. The standard InChI is InChI=1S/C17H18BrN3O4/c1-20(17(24)11-21-9-12(18)6-7-16(21)23)10-15(22)19-13-4-3-5-14(8-13)25-2/h3-9H,10-11H2,1-2H3,(H,19,22). The van der Waals surface area contributed by atoms with Crippen molar-refractivity contribution < 1.29 is 14.3 Å². The molecule has 8 heteroatoms. The fourth-order valence-electron chi connectivity index (χ4n) is 2.10. The number of amides is 2. The van der Waals surface area contributed by atoms with Crippen LogP contribution in [0.3, 0.4) is 0 Å². The zero-order chi connectivity index (χ0) is 18.4. The maximum atomic E-state index is 12.2. The average Bonchev–Trinajstić information content (AvgIpc) is 2.58. The number of benzene rings is 1. The molecule has 1 heterocycles. The van der Waals surface area contributed by atoms with Crippen molar-refractivity contribution in [2.75, 3.05) is 26.0 Å². The van der Waals surface area contributed by atoms with Gasteiger partial charge in [0.25, 0.3) is 5.56 Å². The lowest BCUT2D eigenvalue weighted by atomic mass is 10.3. The number of carbonyl (C=O) groups excluding carboxylic acids is 2. The molecule has 0 unspecified atom stereocenters. The molecule has 0 saturated carbocycles. The molecule has 2 rings (SSSR count). The van der Waals surface area contributed by atoms with Crippen LogP contribution in [0.2, 0.25) is 0 Å². The zero-order valence-electron chi connectivity index (χ0n) is 13.9. The molecule has 0 bridgehead atoms. The largest absolute Gasteiger partial charge is 0.497 e. The molecule has 0 aliphatic rings. The fourth-order valence-corrected chi connectivity index (χ4v) is 2.48. The van der Waals surface area contributed by atoms with Gasteiger partial charge in [0, 0.05) is 35.5 Å². The number of ether oxygens (including phenoxy) is 1. The predicted octanol–water partition coefficient (Wildman–Crippen LogP) is 1.72. The van der Waals surface area contributed by atoms with Crippen molar-refractivity contribution >= 4 is 33.4 Å². The van der Waals surface area contributed by atoms with E-state index in [4.69, 9.17) is 4.74 Å². The van der Waals surface area contributed by atoms with E-state index in [0.717, 1.165) is 0 Å². The molecular weight excluding hydrogens is 390 g/mol. The topological polar surface area (TPSA) is 80.6 Å². The van der Waals surface area contributed by atoms with Crippen LogP contribution in [0.5, 0.6) is 5.75 Å². The maximum Gasteiger partial charge on any atom is 0.251 e. The number of methoxy groups -OCH3 is 1. The van der Waals surface area contributed by atoms with Crippen LogP contribution in [0.1, 0.15) is 0 Å². The van der Waals surface area contributed by atoms with Gasteiger partial charge >= 0.3 is 0 Å². The molecule has 0 spiro atoms. The summed E-state index contributed by atoms with van der Waals surface area (Å²) in [7, 11) is 3.05. The van der Waals surface area contributed by atoms with E-state index in [1.54, 1.807) is 30.3 Å². The molecule has 1 aromatic carbocycles. The van der Waals surface area contributed by atoms with Gasteiger partial charge < -0.3 is 19.5 Å². The summed E-state index contributed by atoms with van der Waals surface area (Å²) in [5.41, 5.74) is 0.291. The molecule has 1 N–H and O–H groups in total. The van der Waals surface area contributed by atoms with E-state index in [0.29, 0.717) is 15.9 Å². The molecule has 2 aromatic rings. The van der Waals surface area contributed by atoms with Gasteiger partial charge in [-0.25, -0.2) is 0 Å². The van der Waals surface area contributed by atoms with Gasteiger partial charge in [0.1, 0.15) is 12.3 Å². The maximum absolute atomic E-state index is 12.2. The second-order valence-corrected chi connectivity index (χ2v) is 6.26. The van der Waals surface area contributed by atoms with Gasteiger partial charge in [0.2, 0.25) is 11.8 Å². The van der Waals surface area contributed by atoms with Crippen molar-refractivity contribution in [2.24, 2.45) is 0 Å². The third kappa shape index (κ3) is 5.46. The summed E-state index contributed by atoms with van der Waals surface area (Å²) < 4.78 is 7.06. The van der Waals surface area contributed by atoms with E-state index in [1.165, 1.54) is 35.9 Å². The Kier molecular flexibility index (Phi) is 6.35. The van der Waals surface area contributed by atoms with Crippen LogP contribution in [0.25, 0.3) is 0 Å². The Hall–Kier alpha value is -2.61. The van der Waals surface area contributed by atoms with Crippen LogP contribution in [-0.4, -0.2) is 42.0 Å². The Bertz CT molecular complexity index is 835. The fraction of sp³-hybridized carbons (Fsp3) is 0.235. The van der Waals surface area contributed by atoms with Crippen molar-refractivity contribution in [3.8, 4) is 5.75 Å². The lowest BCUT2D eigenvalue weighted by Crippen LogP contribution is -2.38. The van der Waals surface area contributed by atoms with Gasteiger partial charge in [-0.1, -0.05) is 6.07 Å². The van der Waals surface area contributed by atoms with Crippen LogP contribution in [-0.2, 0) is 16.1 Å². The van der Waals surface area contributed by atoms with Crippen molar-refractivity contribution in [2.45, 2.75) is 6.54 Å². The Morgan fingerprint density at radius 3 is 2.76 bits per heavy atom. The molecule has 7 nitrogen and oxygen atoms in total. The molecule has 0 aliphatic heterocycles. The molecule has 0 saturated heterocycles. The highest BCUT2D eigenvalue weighted by Crippen LogP contribution is 2.16. The van der Waals surface area contributed by atoms with Crippen LogP contribution in [0.15, 0.2) is 51.9 Å². The van der Waals surface area contributed by atoms with Gasteiger partial charge in [0.05, 0.1) is 13.7 Å². The molecule has 0 aliphatic carbocycles. The molecule has 0 fully saturated rings. The predicted molar refractivity (Wildman–Crippen MR) is 97.7 cm³/mol. The second-order valence-electron chi connectivity index (χ2n) is 5.34. The number of nitrogens with one attached hydrogen (secondary N) is 1. The van der Waals surface area contributed by atoms with Crippen molar-refractivity contribution in [3.05, 3.63) is 57.4 Å². The van der Waals surface area contributed by atoms with Gasteiger partial charge in [0.15, 0.2) is 0 Å². The van der Waals surface area contributed by atoms with E-state index < -0.39 is 0 Å². The van der Waals surface area contributed by atoms with Gasteiger partial charge in [-0.05, 0) is 34.1 Å². The van der Waals surface area contributed by atoms with Crippen LogP contribution in [0.4, 0.5) is 5.69 Å².